The van der Waals surface area contributed by atoms with Gasteiger partial charge in [-0.05, 0) is 43.0 Å². The average molecular weight is 394 g/mol. The fourth-order valence-electron chi connectivity index (χ4n) is 3.61. The maximum Gasteiger partial charge on any atom is 0.311 e. The van der Waals surface area contributed by atoms with Gasteiger partial charge in [-0.1, -0.05) is 43.3 Å². The van der Waals surface area contributed by atoms with Gasteiger partial charge in [-0.2, -0.15) is 0 Å². The first kappa shape index (κ1) is 20.6. The summed E-state index contributed by atoms with van der Waals surface area (Å²) in [6.07, 6.45) is 0.892. The van der Waals surface area contributed by atoms with Gasteiger partial charge in [0.05, 0.1) is 5.92 Å². The van der Waals surface area contributed by atoms with E-state index in [0.29, 0.717) is 0 Å². The topological polar surface area (TPSA) is 75.7 Å². The number of nitrogens with zero attached hydrogens (tertiary/aromatic N) is 1. The van der Waals surface area contributed by atoms with E-state index < -0.39 is 17.8 Å². The molecule has 0 aromatic heterocycles. The molecule has 1 N–H and O–H groups in total. The van der Waals surface area contributed by atoms with Crippen LogP contribution in [0, 0.1) is 19.8 Å². The van der Waals surface area contributed by atoms with Gasteiger partial charge in [-0.3, -0.25) is 14.4 Å². The first-order valence-corrected chi connectivity index (χ1v) is 9.81. The number of benzene rings is 2. The largest absolute Gasteiger partial charge is 0.455 e. The highest BCUT2D eigenvalue weighted by Crippen LogP contribution is 2.29. The van der Waals surface area contributed by atoms with E-state index >= 15 is 0 Å². The number of ether oxygens (including phenoxy) is 1. The summed E-state index contributed by atoms with van der Waals surface area (Å²) < 4.78 is 5.20. The number of para-hydroxylation sites is 2. The van der Waals surface area contributed by atoms with E-state index in [4.69, 9.17) is 4.74 Å². The lowest BCUT2D eigenvalue weighted by atomic mass is 10.1. The highest BCUT2D eigenvalue weighted by Gasteiger charge is 2.37. The molecule has 1 fully saturated rings. The predicted molar refractivity (Wildman–Crippen MR) is 112 cm³/mol. The van der Waals surface area contributed by atoms with Crippen LogP contribution in [0.25, 0.3) is 0 Å². The molecule has 2 aromatic carbocycles. The number of anilines is 2. The zero-order valence-electron chi connectivity index (χ0n) is 17.0. The number of amides is 2. The summed E-state index contributed by atoms with van der Waals surface area (Å²) in [5.41, 5.74) is 4.51. The van der Waals surface area contributed by atoms with Gasteiger partial charge in [0.15, 0.2) is 6.61 Å². The standard InChI is InChI=1S/C23H26N2O4/c1-4-17-10-5-6-11-19(17)25-13-18(12-21(25)27)23(28)29-14-20(26)24-22-15(2)8-7-9-16(22)3/h5-11,18H,4,12-14H2,1-3H3,(H,24,26). The van der Waals surface area contributed by atoms with E-state index in [0.717, 1.165) is 34.5 Å². The van der Waals surface area contributed by atoms with Crippen LogP contribution in [-0.2, 0) is 25.5 Å². The normalized spacial score (nSPS) is 16.0. The van der Waals surface area contributed by atoms with Crippen LogP contribution in [0.4, 0.5) is 11.4 Å². The zero-order chi connectivity index (χ0) is 21.0. The molecule has 0 spiro atoms. The highest BCUT2D eigenvalue weighted by atomic mass is 16.5. The molecule has 1 unspecified atom stereocenters. The Morgan fingerprint density at radius 3 is 2.48 bits per heavy atom. The summed E-state index contributed by atoms with van der Waals surface area (Å²) in [4.78, 5) is 38.7. The molecule has 0 aliphatic carbocycles. The predicted octanol–water partition coefficient (Wildman–Crippen LogP) is 3.40. The number of nitrogens with one attached hydrogen (secondary N) is 1. The van der Waals surface area contributed by atoms with Crippen molar-refractivity contribution in [1.82, 2.24) is 0 Å². The molecule has 6 nitrogen and oxygen atoms in total. The Morgan fingerprint density at radius 1 is 1.10 bits per heavy atom. The molecule has 0 bridgehead atoms. The third-order valence-corrected chi connectivity index (χ3v) is 5.21. The molecule has 0 saturated carbocycles. The summed E-state index contributed by atoms with van der Waals surface area (Å²) in [6, 6.07) is 13.4. The molecule has 152 valence electrons. The van der Waals surface area contributed by atoms with E-state index in [2.05, 4.69) is 5.32 Å². The SMILES string of the molecule is CCc1ccccc1N1CC(C(=O)OCC(=O)Nc2c(C)cccc2C)CC1=O. The Bertz CT molecular complexity index is 918. The Labute approximate surface area is 170 Å². The molecular weight excluding hydrogens is 368 g/mol. The second-order valence-corrected chi connectivity index (χ2v) is 7.31. The third kappa shape index (κ3) is 4.65. The fraction of sp³-hybridized carbons (Fsp3) is 0.348. The molecule has 1 heterocycles. The molecule has 1 saturated heterocycles. The molecular formula is C23H26N2O4. The molecule has 1 aliphatic heterocycles. The number of carbonyl (C=O) groups is 3. The van der Waals surface area contributed by atoms with E-state index in [1.54, 1.807) is 4.90 Å². The minimum atomic E-state index is -0.569. The molecule has 1 aliphatic rings. The monoisotopic (exact) mass is 394 g/mol. The zero-order valence-corrected chi connectivity index (χ0v) is 17.0. The average Bonchev–Trinajstić information content (AvgIpc) is 3.10. The van der Waals surface area contributed by atoms with Crippen LogP contribution in [0.15, 0.2) is 42.5 Å². The van der Waals surface area contributed by atoms with Crippen molar-refractivity contribution in [3.05, 3.63) is 59.2 Å². The minimum Gasteiger partial charge on any atom is -0.455 e. The van der Waals surface area contributed by atoms with Crippen molar-refractivity contribution in [3.8, 4) is 0 Å². The molecule has 6 heteroatoms. The molecule has 1 atom stereocenters. The number of rotatable bonds is 6. The van der Waals surface area contributed by atoms with Gasteiger partial charge in [0, 0.05) is 24.3 Å². The van der Waals surface area contributed by atoms with E-state index in [-0.39, 0.29) is 25.5 Å². The Kier molecular flexibility index (Phi) is 6.32. The second-order valence-electron chi connectivity index (χ2n) is 7.31. The van der Waals surface area contributed by atoms with Crippen LogP contribution in [0.3, 0.4) is 0 Å². The van der Waals surface area contributed by atoms with Crippen molar-refractivity contribution in [2.45, 2.75) is 33.6 Å². The summed E-state index contributed by atoms with van der Waals surface area (Å²) in [7, 11) is 0. The smallest absolute Gasteiger partial charge is 0.311 e. The lowest BCUT2D eigenvalue weighted by Gasteiger charge is -2.19. The summed E-state index contributed by atoms with van der Waals surface area (Å²) in [6.45, 7) is 5.74. The molecule has 3 rings (SSSR count). The van der Waals surface area contributed by atoms with Crippen LogP contribution >= 0.6 is 0 Å². The molecule has 2 amide bonds. The van der Waals surface area contributed by atoms with Gasteiger partial charge in [0.25, 0.3) is 5.91 Å². The lowest BCUT2D eigenvalue weighted by molar-refractivity contribution is -0.151. The first-order valence-electron chi connectivity index (χ1n) is 9.81. The van der Waals surface area contributed by atoms with Crippen LogP contribution in [0.2, 0.25) is 0 Å². The third-order valence-electron chi connectivity index (χ3n) is 5.21. The van der Waals surface area contributed by atoms with E-state index in [1.807, 2.05) is 63.2 Å². The van der Waals surface area contributed by atoms with Gasteiger partial charge in [0.1, 0.15) is 0 Å². The van der Waals surface area contributed by atoms with Gasteiger partial charge >= 0.3 is 5.97 Å². The van der Waals surface area contributed by atoms with Crippen molar-refractivity contribution in [2.75, 3.05) is 23.4 Å². The van der Waals surface area contributed by atoms with E-state index in [9.17, 15) is 14.4 Å². The Hall–Kier alpha value is -3.15. The van der Waals surface area contributed by atoms with Crippen LogP contribution in [0.1, 0.15) is 30.0 Å². The molecule has 29 heavy (non-hydrogen) atoms. The number of carbonyl (C=O) groups excluding carboxylic acids is 3. The van der Waals surface area contributed by atoms with Crippen LogP contribution in [0.5, 0.6) is 0 Å². The molecule has 0 radical (unpaired) electrons. The van der Waals surface area contributed by atoms with Crippen molar-refractivity contribution >= 4 is 29.2 Å². The minimum absolute atomic E-state index is 0.0927. The lowest BCUT2D eigenvalue weighted by Crippen LogP contribution is -2.28. The molecule has 2 aromatic rings. The fourth-order valence-corrected chi connectivity index (χ4v) is 3.61. The Morgan fingerprint density at radius 2 is 1.79 bits per heavy atom. The van der Waals surface area contributed by atoms with Gasteiger partial charge in [0.2, 0.25) is 5.91 Å². The summed E-state index contributed by atoms with van der Waals surface area (Å²) in [5.74, 6) is -1.59. The summed E-state index contributed by atoms with van der Waals surface area (Å²) >= 11 is 0. The van der Waals surface area contributed by atoms with Crippen molar-refractivity contribution in [1.29, 1.82) is 0 Å². The van der Waals surface area contributed by atoms with Crippen LogP contribution in [-0.4, -0.2) is 30.9 Å². The highest BCUT2D eigenvalue weighted by molar-refractivity contribution is 6.00. The van der Waals surface area contributed by atoms with Gasteiger partial charge in [-0.25, -0.2) is 0 Å². The van der Waals surface area contributed by atoms with Crippen molar-refractivity contribution in [3.63, 3.8) is 0 Å². The maximum absolute atomic E-state index is 12.5. The van der Waals surface area contributed by atoms with E-state index in [1.165, 1.54) is 0 Å². The first-order chi connectivity index (χ1) is 13.9. The number of hydrogen-bond donors (Lipinski definition) is 1. The van der Waals surface area contributed by atoms with Gasteiger partial charge < -0.3 is 15.0 Å². The second kappa shape index (κ2) is 8.90. The van der Waals surface area contributed by atoms with Crippen molar-refractivity contribution < 1.29 is 19.1 Å². The Balaban J connectivity index is 1.58. The number of hydrogen-bond acceptors (Lipinski definition) is 4. The summed E-state index contributed by atoms with van der Waals surface area (Å²) in [5, 5.41) is 2.79. The van der Waals surface area contributed by atoms with Crippen LogP contribution < -0.4 is 10.2 Å². The maximum atomic E-state index is 12.5. The quantitative estimate of drug-likeness (QED) is 0.762. The number of esters is 1. The van der Waals surface area contributed by atoms with Crippen molar-refractivity contribution in [2.24, 2.45) is 5.92 Å². The van der Waals surface area contributed by atoms with Gasteiger partial charge in [-0.15, -0.1) is 0 Å². The number of aryl methyl sites for hydroxylation is 3.